The van der Waals surface area contributed by atoms with Crippen molar-refractivity contribution >= 4 is 21.9 Å². The summed E-state index contributed by atoms with van der Waals surface area (Å²) in [4.78, 5) is 11.1. The molecule has 0 aliphatic heterocycles. The van der Waals surface area contributed by atoms with Crippen molar-refractivity contribution in [2.45, 2.75) is 38.8 Å². The Morgan fingerprint density at radius 2 is 2.29 bits per heavy atom. The number of aromatic nitrogens is 2. The Bertz CT molecular complexity index is 369. The third-order valence-electron chi connectivity index (χ3n) is 2.54. The van der Waals surface area contributed by atoms with Gasteiger partial charge >= 0.3 is 0 Å². The number of hydrogen-bond acceptors (Lipinski definition) is 4. The van der Waals surface area contributed by atoms with E-state index in [2.05, 4.69) is 30.8 Å². The number of alkyl halides is 1. The average Bonchev–Trinajstić information content (AvgIpc) is 3.09. The van der Waals surface area contributed by atoms with Gasteiger partial charge in [0.15, 0.2) is 0 Å². The summed E-state index contributed by atoms with van der Waals surface area (Å²) >= 11 is 3.47. The maximum absolute atomic E-state index is 5.59. The highest BCUT2D eigenvalue weighted by atomic mass is 79.9. The van der Waals surface area contributed by atoms with Crippen LogP contribution in [0.15, 0.2) is 12.3 Å². The monoisotopic (exact) mass is 299 g/mol. The van der Waals surface area contributed by atoms with Gasteiger partial charge in [0.05, 0.1) is 6.10 Å². The molecule has 0 saturated heterocycles. The molecule has 0 aromatic carbocycles. The highest BCUT2D eigenvalue weighted by molar-refractivity contribution is 9.09. The summed E-state index contributed by atoms with van der Waals surface area (Å²) in [5.74, 6) is 1.44. The third kappa shape index (κ3) is 3.56. The maximum atomic E-state index is 5.59. The van der Waals surface area contributed by atoms with Gasteiger partial charge in [0, 0.05) is 30.2 Å². The van der Waals surface area contributed by atoms with Crippen molar-refractivity contribution in [2.24, 2.45) is 0 Å². The van der Waals surface area contributed by atoms with Crippen LogP contribution >= 0.6 is 15.9 Å². The SMILES string of the molecule is CC(C)Oc1ccnc(N(CCBr)C2CC2)n1. The largest absolute Gasteiger partial charge is 0.475 e. The van der Waals surface area contributed by atoms with E-state index in [1.54, 1.807) is 6.20 Å². The molecule has 1 aromatic rings. The molecule has 0 spiro atoms. The van der Waals surface area contributed by atoms with Crippen molar-refractivity contribution < 1.29 is 4.74 Å². The molecule has 0 amide bonds. The standard InChI is InChI=1S/C12H18BrN3O/c1-9(2)17-11-5-7-14-12(15-11)16(8-6-13)10-3-4-10/h5,7,9-10H,3-4,6,8H2,1-2H3. The predicted octanol–water partition coefficient (Wildman–Crippen LogP) is 2.63. The van der Waals surface area contributed by atoms with Crippen LogP contribution in [0.25, 0.3) is 0 Å². The van der Waals surface area contributed by atoms with Gasteiger partial charge in [0.1, 0.15) is 0 Å². The summed E-state index contributed by atoms with van der Waals surface area (Å²) in [6, 6.07) is 2.42. The summed E-state index contributed by atoms with van der Waals surface area (Å²) in [5, 5.41) is 0.933. The summed E-state index contributed by atoms with van der Waals surface area (Å²) in [6.45, 7) is 4.94. The number of anilines is 1. The Morgan fingerprint density at radius 3 is 2.88 bits per heavy atom. The summed E-state index contributed by atoms with van der Waals surface area (Å²) in [7, 11) is 0. The van der Waals surface area contributed by atoms with Gasteiger partial charge in [-0.2, -0.15) is 4.98 Å². The fraction of sp³-hybridized carbons (Fsp3) is 0.667. The smallest absolute Gasteiger partial charge is 0.228 e. The first-order valence-corrected chi connectivity index (χ1v) is 7.15. The van der Waals surface area contributed by atoms with Crippen molar-refractivity contribution in [1.82, 2.24) is 9.97 Å². The van der Waals surface area contributed by atoms with E-state index in [4.69, 9.17) is 4.74 Å². The normalized spacial score (nSPS) is 15.1. The third-order valence-corrected chi connectivity index (χ3v) is 2.90. The lowest BCUT2D eigenvalue weighted by atomic mass is 10.5. The molecule has 1 heterocycles. The van der Waals surface area contributed by atoms with Gasteiger partial charge in [0.2, 0.25) is 11.8 Å². The quantitative estimate of drug-likeness (QED) is 0.757. The van der Waals surface area contributed by atoms with E-state index >= 15 is 0 Å². The number of ether oxygens (including phenoxy) is 1. The summed E-state index contributed by atoms with van der Waals surface area (Å²) < 4.78 is 5.59. The van der Waals surface area contributed by atoms with Crippen LogP contribution in [0.2, 0.25) is 0 Å². The lowest BCUT2D eigenvalue weighted by molar-refractivity contribution is 0.232. The molecule has 0 unspecified atom stereocenters. The van der Waals surface area contributed by atoms with Crippen molar-refractivity contribution in [3.05, 3.63) is 12.3 Å². The van der Waals surface area contributed by atoms with Crippen LogP contribution in [-0.2, 0) is 0 Å². The van der Waals surface area contributed by atoms with Crippen LogP contribution in [0.4, 0.5) is 5.95 Å². The molecule has 1 aliphatic rings. The van der Waals surface area contributed by atoms with Crippen LogP contribution < -0.4 is 9.64 Å². The first-order valence-electron chi connectivity index (χ1n) is 6.03. The lowest BCUT2D eigenvalue weighted by Gasteiger charge is -2.21. The van der Waals surface area contributed by atoms with Crippen molar-refractivity contribution in [2.75, 3.05) is 16.8 Å². The first kappa shape index (κ1) is 12.6. The van der Waals surface area contributed by atoms with Gasteiger partial charge < -0.3 is 9.64 Å². The van der Waals surface area contributed by atoms with Crippen molar-refractivity contribution in [3.63, 3.8) is 0 Å². The molecule has 1 aliphatic carbocycles. The Morgan fingerprint density at radius 1 is 1.53 bits per heavy atom. The molecule has 94 valence electrons. The van der Waals surface area contributed by atoms with Crippen LogP contribution in [0.5, 0.6) is 5.88 Å². The second kappa shape index (κ2) is 5.67. The minimum absolute atomic E-state index is 0.142. The molecular weight excluding hydrogens is 282 g/mol. The molecule has 2 rings (SSSR count). The van der Waals surface area contributed by atoms with Crippen molar-refractivity contribution in [1.29, 1.82) is 0 Å². The fourth-order valence-corrected chi connectivity index (χ4v) is 2.08. The number of nitrogens with zero attached hydrogens (tertiary/aromatic N) is 3. The van der Waals surface area contributed by atoms with E-state index in [0.29, 0.717) is 11.9 Å². The second-order valence-electron chi connectivity index (χ2n) is 4.48. The Kier molecular flexibility index (Phi) is 4.20. The minimum Gasteiger partial charge on any atom is -0.475 e. The van der Waals surface area contributed by atoms with Crippen LogP contribution in [0.1, 0.15) is 26.7 Å². The highest BCUT2D eigenvalue weighted by Gasteiger charge is 2.30. The van der Waals surface area contributed by atoms with E-state index in [1.165, 1.54) is 12.8 Å². The van der Waals surface area contributed by atoms with Gasteiger partial charge in [0.25, 0.3) is 0 Å². The molecular formula is C12H18BrN3O. The molecule has 1 fully saturated rings. The van der Waals surface area contributed by atoms with E-state index in [-0.39, 0.29) is 6.10 Å². The van der Waals surface area contributed by atoms with E-state index in [0.717, 1.165) is 17.8 Å². The topological polar surface area (TPSA) is 38.2 Å². The summed E-state index contributed by atoms with van der Waals surface area (Å²) in [6.07, 6.45) is 4.39. The van der Waals surface area contributed by atoms with E-state index < -0.39 is 0 Å². The zero-order valence-corrected chi connectivity index (χ0v) is 11.9. The van der Waals surface area contributed by atoms with Crippen LogP contribution in [-0.4, -0.2) is 34.0 Å². The first-order chi connectivity index (χ1) is 8.20. The molecule has 1 aromatic heterocycles. The number of hydrogen-bond donors (Lipinski definition) is 0. The maximum Gasteiger partial charge on any atom is 0.228 e. The molecule has 4 nitrogen and oxygen atoms in total. The molecule has 1 saturated carbocycles. The van der Waals surface area contributed by atoms with Gasteiger partial charge in [-0.15, -0.1) is 0 Å². The van der Waals surface area contributed by atoms with Crippen LogP contribution in [0.3, 0.4) is 0 Å². The zero-order chi connectivity index (χ0) is 12.3. The average molecular weight is 300 g/mol. The van der Waals surface area contributed by atoms with Gasteiger partial charge in [-0.3, -0.25) is 0 Å². The van der Waals surface area contributed by atoms with Gasteiger partial charge in [-0.25, -0.2) is 4.98 Å². The van der Waals surface area contributed by atoms with E-state index in [1.807, 2.05) is 19.9 Å². The number of rotatable bonds is 6. The fourth-order valence-electron chi connectivity index (χ4n) is 1.70. The Balaban J connectivity index is 2.12. The molecule has 17 heavy (non-hydrogen) atoms. The van der Waals surface area contributed by atoms with Crippen LogP contribution in [0, 0.1) is 0 Å². The summed E-state index contributed by atoms with van der Waals surface area (Å²) in [5.41, 5.74) is 0. The Hall–Kier alpha value is -0.840. The molecule has 0 N–H and O–H groups in total. The molecule has 0 radical (unpaired) electrons. The highest BCUT2D eigenvalue weighted by Crippen LogP contribution is 2.30. The minimum atomic E-state index is 0.142. The second-order valence-corrected chi connectivity index (χ2v) is 5.27. The van der Waals surface area contributed by atoms with Gasteiger partial charge in [-0.1, -0.05) is 15.9 Å². The lowest BCUT2D eigenvalue weighted by Crippen LogP contribution is -2.29. The van der Waals surface area contributed by atoms with Crippen molar-refractivity contribution in [3.8, 4) is 5.88 Å². The zero-order valence-electron chi connectivity index (χ0n) is 10.3. The Labute approximate surface area is 111 Å². The molecule has 0 bridgehead atoms. The molecule has 0 atom stereocenters. The number of halogens is 1. The van der Waals surface area contributed by atoms with Gasteiger partial charge in [-0.05, 0) is 26.7 Å². The predicted molar refractivity (Wildman–Crippen MR) is 72.0 cm³/mol. The molecule has 5 heteroatoms. The van der Waals surface area contributed by atoms with E-state index in [9.17, 15) is 0 Å².